The number of halogens is 2. The van der Waals surface area contributed by atoms with Crippen molar-refractivity contribution >= 4 is 11.6 Å². The Hall–Kier alpha value is -2.87. The van der Waals surface area contributed by atoms with Gasteiger partial charge in [0.25, 0.3) is 0 Å². The lowest BCUT2D eigenvalue weighted by Crippen LogP contribution is -2.38. The number of nitrogens with one attached hydrogen (secondary N) is 1. The molecule has 0 unspecified atom stereocenters. The lowest BCUT2D eigenvalue weighted by molar-refractivity contribution is 0.0531. The molecule has 2 aliphatic rings. The zero-order chi connectivity index (χ0) is 19.6. The minimum atomic E-state index is -0.601. The van der Waals surface area contributed by atoms with E-state index in [4.69, 9.17) is 19.9 Å². The normalized spacial score (nSPS) is 18.1. The minimum absolute atomic E-state index is 0.0242. The Bertz CT molecular complexity index is 898. The molecule has 2 heterocycles. The number of ether oxygens (including phenoxy) is 3. The maximum Gasteiger partial charge on any atom is 0.231 e. The third kappa shape index (κ3) is 3.73. The van der Waals surface area contributed by atoms with Gasteiger partial charge in [-0.1, -0.05) is 6.07 Å². The van der Waals surface area contributed by atoms with Crippen LogP contribution < -0.4 is 20.5 Å². The highest BCUT2D eigenvalue weighted by molar-refractivity contribution is 5.92. The van der Waals surface area contributed by atoms with Crippen molar-refractivity contribution in [2.24, 2.45) is 10.7 Å². The van der Waals surface area contributed by atoms with Crippen LogP contribution in [0.5, 0.6) is 11.5 Å². The van der Waals surface area contributed by atoms with E-state index in [0.29, 0.717) is 25.5 Å². The fourth-order valence-electron chi connectivity index (χ4n) is 3.53. The van der Waals surface area contributed by atoms with E-state index < -0.39 is 11.6 Å². The quantitative estimate of drug-likeness (QED) is 0.620. The van der Waals surface area contributed by atoms with Gasteiger partial charge in [0.15, 0.2) is 17.5 Å². The second-order valence-electron chi connectivity index (χ2n) is 6.91. The van der Waals surface area contributed by atoms with Crippen molar-refractivity contribution in [3.63, 3.8) is 0 Å². The molecule has 2 aromatic carbocycles. The molecule has 6 nitrogen and oxygen atoms in total. The molecule has 8 heteroatoms. The first-order valence-electron chi connectivity index (χ1n) is 9.06. The van der Waals surface area contributed by atoms with Crippen LogP contribution in [0.2, 0.25) is 0 Å². The van der Waals surface area contributed by atoms with Crippen LogP contribution in [-0.2, 0) is 10.2 Å². The molecule has 1 saturated heterocycles. The molecule has 4 rings (SSSR count). The summed E-state index contributed by atoms with van der Waals surface area (Å²) in [6.45, 7) is 1.81. The highest BCUT2D eigenvalue weighted by Crippen LogP contribution is 2.41. The summed E-state index contributed by atoms with van der Waals surface area (Å²) in [7, 11) is 0. The smallest absolute Gasteiger partial charge is 0.231 e. The highest BCUT2D eigenvalue weighted by Gasteiger charge is 2.35. The number of benzene rings is 2. The van der Waals surface area contributed by atoms with E-state index in [1.807, 2.05) is 18.2 Å². The molecule has 0 aromatic heterocycles. The van der Waals surface area contributed by atoms with Crippen LogP contribution >= 0.6 is 0 Å². The number of hydrogen-bond acceptors (Lipinski definition) is 4. The molecule has 0 radical (unpaired) electrons. The number of anilines is 1. The van der Waals surface area contributed by atoms with Crippen molar-refractivity contribution in [1.29, 1.82) is 0 Å². The van der Waals surface area contributed by atoms with Crippen LogP contribution in [-0.4, -0.2) is 32.5 Å². The molecule has 148 valence electrons. The van der Waals surface area contributed by atoms with Gasteiger partial charge in [0.1, 0.15) is 11.6 Å². The zero-order valence-corrected chi connectivity index (χ0v) is 15.2. The third-order valence-electron chi connectivity index (χ3n) is 5.18. The van der Waals surface area contributed by atoms with E-state index in [9.17, 15) is 8.78 Å². The summed E-state index contributed by atoms with van der Waals surface area (Å²) in [5.41, 5.74) is 6.67. The summed E-state index contributed by atoms with van der Waals surface area (Å²) < 4.78 is 43.6. The van der Waals surface area contributed by atoms with Crippen molar-refractivity contribution in [3.8, 4) is 11.5 Å². The van der Waals surface area contributed by atoms with Crippen LogP contribution in [0.25, 0.3) is 0 Å². The predicted molar refractivity (Wildman–Crippen MR) is 101 cm³/mol. The highest BCUT2D eigenvalue weighted by atomic mass is 19.1. The fourth-order valence-corrected chi connectivity index (χ4v) is 3.53. The van der Waals surface area contributed by atoms with Gasteiger partial charge in [0, 0.05) is 24.7 Å². The maximum atomic E-state index is 13.8. The maximum absolute atomic E-state index is 13.8. The Morgan fingerprint density at radius 1 is 1.07 bits per heavy atom. The van der Waals surface area contributed by atoms with Gasteiger partial charge in [-0.15, -0.1) is 0 Å². The summed E-state index contributed by atoms with van der Waals surface area (Å²) in [4.78, 5) is 4.42. The van der Waals surface area contributed by atoms with E-state index in [1.54, 1.807) is 0 Å². The zero-order valence-electron chi connectivity index (χ0n) is 15.2. The number of nitrogens with zero attached hydrogens (tertiary/aromatic N) is 1. The van der Waals surface area contributed by atoms with Gasteiger partial charge in [-0.2, -0.15) is 0 Å². The van der Waals surface area contributed by atoms with Crippen LogP contribution in [0.4, 0.5) is 14.5 Å². The Morgan fingerprint density at radius 2 is 1.86 bits per heavy atom. The number of fused-ring (bicyclic) bond motifs is 1. The second kappa shape index (κ2) is 7.63. The molecule has 0 atom stereocenters. The average molecular weight is 389 g/mol. The number of guanidine groups is 1. The summed E-state index contributed by atoms with van der Waals surface area (Å²) in [6.07, 6.45) is 1.52. The Balaban J connectivity index is 1.56. The number of aliphatic imine (C=N–C) groups is 1. The SMILES string of the molecule is NC(=NCC1(c2ccc3c(c2)OCO3)CCOCC1)Nc1cc(F)ccc1F. The van der Waals surface area contributed by atoms with Gasteiger partial charge in [-0.05, 0) is 42.7 Å². The first-order valence-corrected chi connectivity index (χ1v) is 9.06. The van der Waals surface area contributed by atoms with E-state index in [0.717, 1.165) is 42.4 Å². The number of hydrogen-bond donors (Lipinski definition) is 2. The van der Waals surface area contributed by atoms with Crippen LogP contribution in [0.1, 0.15) is 18.4 Å². The molecule has 1 fully saturated rings. The molecule has 2 aromatic rings. The van der Waals surface area contributed by atoms with E-state index in [1.165, 1.54) is 0 Å². The Kier molecular flexibility index (Phi) is 5.04. The van der Waals surface area contributed by atoms with Gasteiger partial charge in [0.2, 0.25) is 6.79 Å². The predicted octanol–water partition coefficient (Wildman–Crippen LogP) is 3.17. The summed E-state index contributed by atoms with van der Waals surface area (Å²) in [5, 5.41) is 2.64. The molecule has 0 amide bonds. The molecule has 0 aliphatic carbocycles. The summed E-state index contributed by atoms with van der Waals surface area (Å²) in [5.74, 6) is 0.294. The van der Waals surface area contributed by atoms with Gasteiger partial charge >= 0.3 is 0 Å². The number of rotatable bonds is 4. The van der Waals surface area contributed by atoms with E-state index in [-0.39, 0.29) is 23.9 Å². The van der Waals surface area contributed by atoms with Crippen molar-refractivity contribution in [1.82, 2.24) is 0 Å². The molecule has 0 saturated carbocycles. The molecule has 0 spiro atoms. The van der Waals surface area contributed by atoms with Crippen molar-refractivity contribution in [2.75, 3.05) is 31.9 Å². The Labute approximate surface area is 161 Å². The fraction of sp³-hybridized carbons (Fsp3) is 0.350. The Morgan fingerprint density at radius 3 is 2.68 bits per heavy atom. The van der Waals surface area contributed by atoms with Gasteiger partial charge in [-0.25, -0.2) is 8.78 Å². The molecular formula is C20H21F2N3O3. The van der Waals surface area contributed by atoms with E-state index in [2.05, 4.69) is 10.3 Å². The van der Waals surface area contributed by atoms with E-state index >= 15 is 0 Å². The average Bonchev–Trinajstić information content (AvgIpc) is 3.18. The second-order valence-corrected chi connectivity index (χ2v) is 6.91. The van der Waals surface area contributed by atoms with Crippen molar-refractivity contribution in [3.05, 3.63) is 53.6 Å². The van der Waals surface area contributed by atoms with Crippen LogP contribution in [0, 0.1) is 11.6 Å². The molecule has 28 heavy (non-hydrogen) atoms. The van der Waals surface area contributed by atoms with Crippen LogP contribution in [0.15, 0.2) is 41.4 Å². The van der Waals surface area contributed by atoms with Gasteiger partial charge < -0.3 is 25.3 Å². The summed E-state index contributed by atoms with van der Waals surface area (Å²) in [6, 6.07) is 8.99. The minimum Gasteiger partial charge on any atom is -0.454 e. The lowest BCUT2D eigenvalue weighted by atomic mass is 9.74. The largest absolute Gasteiger partial charge is 0.454 e. The topological polar surface area (TPSA) is 78.1 Å². The summed E-state index contributed by atoms with van der Waals surface area (Å²) >= 11 is 0. The van der Waals surface area contributed by atoms with Crippen LogP contribution in [0.3, 0.4) is 0 Å². The monoisotopic (exact) mass is 389 g/mol. The van der Waals surface area contributed by atoms with Crippen molar-refractivity contribution in [2.45, 2.75) is 18.3 Å². The molecule has 3 N–H and O–H groups in total. The standard InChI is InChI=1S/C20H21F2N3O3/c21-14-2-3-15(22)16(10-14)25-19(23)24-11-20(5-7-26-8-6-20)13-1-4-17-18(9-13)28-12-27-17/h1-4,9-10H,5-8,11-12H2,(H3,23,24,25). The number of nitrogens with two attached hydrogens (primary N) is 1. The molecule has 2 aliphatic heterocycles. The molecule has 0 bridgehead atoms. The molecular weight excluding hydrogens is 368 g/mol. The van der Waals surface area contributed by atoms with Gasteiger partial charge in [0.05, 0.1) is 12.2 Å². The first kappa shape index (κ1) is 18.5. The third-order valence-corrected chi connectivity index (χ3v) is 5.18. The van der Waals surface area contributed by atoms with Crippen molar-refractivity contribution < 1.29 is 23.0 Å². The first-order chi connectivity index (χ1) is 13.6. The van der Waals surface area contributed by atoms with Gasteiger partial charge in [-0.3, -0.25) is 4.99 Å². The lowest BCUT2D eigenvalue weighted by Gasteiger charge is -2.36.